The number of rotatable bonds is 7. The fraction of sp³-hybridized carbons (Fsp3) is 0.500. The standard InChI is InChI=1S/C20H30N4O2S/c1-14-23-16(12-27-14)11-24(5)19(21-4)22-13-20(2,3)15-8-9-17(25-6)18(10-15)26-7/h8-10,12H,11,13H2,1-7H3,(H,21,22). The Morgan fingerprint density at radius 1 is 1.26 bits per heavy atom. The van der Waals surface area contributed by atoms with E-state index in [1.807, 2.05) is 26.1 Å². The Morgan fingerprint density at radius 3 is 2.52 bits per heavy atom. The zero-order valence-corrected chi connectivity index (χ0v) is 18.1. The van der Waals surface area contributed by atoms with Gasteiger partial charge in [0.15, 0.2) is 17.5 Å². The van der Waals surface area contributed by atoms with Gasteiger partial charge in [-0.3, -0.25) is 4.99 Å². The van der Waals surface area contributed by atoms with Crippen LogP contribution in [0.3, 0.4) is 0 Å². The van der Waals surface area contributed by atoms with Crippen LogP contribution < -0.4 is 14.8 Å². The van der Waals surface area contributed by atoms with Crippen LogP contribution in [-0.4, -0.2) is 50.7 Å². The molecule has 7 heteroatoms. The first-order chi connectivity index (χ1) is 12.8. The maximum absolute atomic E-state index is 5.44. The molecular weight excluding hydrogens is 360 g/mol. The highest BCUT2D eigenvalue weighted by Crippen LogP contribution is 2.32. The molecule has 0 bridgehead atoms. The third-order valence-electron chi connectivity index (χ3n) is 4.49. The van der Waals surface area contributed by atoms with Crippen molar-refractivity contribution in [2.45, 2.75) is 32.7 Å². The summed E-state index contributed by atoms with van der Waals surface area (Å²) < 4.78 is 10.8. The first-order valence-corrected chi connectivity index (χ1v) is 9.74. The second kappa shape index (κ2) is 9.08. The fourth-order valence-electron chi connectivity index (χ4n) is 2.84. The maximum atomic E-state index is 5.44. The summed E-state index contributed by atoms with van der Waals surface area (Å²) in [5, 5.41) is 6.65. The molecule has 0 atom stereocenters. The molecule has 1 N–H and O–H groups in total. The van der Waals surface area contributed by atoms with Crippen molar-refractivity contribution in [2.24, 2.45) is 4.99 Å². The van der Waals surface area contributed by atoms with Gasteiger partial charge in [0.25, 0.3) is 0 Å². The lowest BCUT2D eigenvalue weighted by atomic mass is 9.84. The van der Waals surface area contributed by atoms with Crippen molar-refractivity contribution in [3.63, 3.8) is 0 Å². The molecule has 0 saturated heterocycles. The van der Waals surface area contributed by atoms with Crippen LogP contribution in [0.4, 0.5) is 0 Å². The molecule has 1 aromatic carbocycles. The normalized spacial score (nSPS) is 12.0. The molecule has 1 aromatic heterocycles. The summed E-state index contributed by atoms with van der Waals surface area (Å²) in [5.41, 5.74) is 2.11. The van der Waals surface area contributed by atoms with E-state index >= 15 is 0 Å². The van der Waals surface area contributed by atoms with E-state index in [0.717, 1.165) is 41.2 Å². The van der Waals surface area contributed by atoms with Gasteiger partial charge < -0.3 is 19.7 Å². The summed E-state index contributed by atoms with van der Waals surface area (Å²) in [6.07, 6.45) is 0. The van der Waals surface area contributed by atoms with E-state index in [0.29, 0.717) is 0 Å². The van der Waals surface area contributed by atoms with Crippen LogP contribution in [0.25, 0.3) is 0 Å². The number of nitrogens with zero attached hydrogens (tertiary/aromatic N) is 3. The molecule has 6 nitrogen and oxygen atoms in total. The summed E-state index contributed by atoms with van der Waals surface area (Å²) >= 11 is 1.67. The van der Waals surface area contributed by atoms with Crippen LogP contribution >= 0.6 is 11.3 Å². The molecule has 0 aliphatic carbocycles. The van der Waals surface area contributed by atoms with E-state index in [2.05, 4.69) is 45.5 Å². The Morgan fingerprint density at radius 2 is 1.96 bits per heavy atom. The number of benzene rings is 1. The third-order valence-corrected chi connectivity index (χ3v) is 5.31. The van der Waals surface area contributed by atoms with Crippen molar-refractivity contribution >= 4 is 17.3 Å². The Kier molecular flexibility index (Phi) is 7.07. The molecule has 0 spiro atoms. The largest absolute Gasteiger partial charge is 0.493 e. The number of hydrogen-bond donors (Lipinski definition) is 1. The van der Waals surface area contributed by atoms with E-state index in [4.69, 9.17) is 9.47 Å². The first-order valence-electron chi connectivity index (χ1n) is 8.86. The molecule has 0 aliphatic heterocycles. The van der Waals surface area contributed by atoms with E-state index in [1.54, 1.807) is 32.6 Å². The highest BCUT2D eigenvalue weighted by atomic mass is 32.1. The van der Waals surface area contributed by atoms with Gasteiger partial charge in [0.2, 0.25) is 0 Å². The van der Waals surface area contributed by atoms with Gasteiger partial charge in [-0.25, -0.2) is 4.98 Å². The molecular formula is C20H30N4O2S. The molecule has 0 fully saturated rings. The predicted molar refractivity (Wildman–Crippen MR) is 112 cm³/mol. The minimum atomic E-state index is -0.118. The average Bonchev–Trinajstić information content (AvgIpc) is 3.06. The van der Waals surface area contributed by atoms with Crippen LogP contribution in [0.5, 0.6) is 11.5 Å². The molecule has 0 saturated carbocycles. The lowest BCUT2D eigenvalue weighted by molar-refractivity contribution is 0.353. The molecule has 0 unspecified atom stereocenters. The van der Waals surface area contributed by atoms with E-state index in [9.17, 15) is 0 Å². The molecule has 0 radical (unpaired) electrons. The zero-order valence-electron chi connectivity index (χ0n) is 17.3. The smallest absolute Gasteiger partial charge is 0.193 e. The van der Waals surface area contributed by atoms with E-state index < -0.39 is 0 Å². The lowest BCUT2D eigenvalue weighted by Crippen LogP contribution is -2.44. The lowest BCUT2D eigenvalue weighted by Gasteiger charge is -2.29. The average molecular weight is 391 g/mol. The van der Waals surface area contributed by atoms with E-state index in [1.165, 1.54) is 5.56 Å². The Hall–Kier alpha value is -2.28. The van der Waals surface area contributed by atoms with Crippen molar-refractivity contribution < 1.29 is 9.47 Å². The number of guanidine groups is 1. The van der Waals surface area contributed by atoms with Crippen molar-refractivity contribution in [1.82, 2.24) is 15.2 Å². The Bertz CT molecular complexity index is 786. The van der Waals surface area contributed by atoms with Crippen LogP contribution in [0, 0.1) is 6.92 Å². The van der Waals surface area contributed by atoms with Gasteiger partial charge in [0, 0.05) is 31.4 Å². The maximum Gasteiger partial charge on any atom is 0.193 e. The molecule has 0 aliphatic rings. The van der Waals surface area contributed by atoms with Crippen LogP contribution in [0.2, 0.25) is 0 Å². The summed E-state index contributed by atoms with van der Waals surface area (Å²) in [7, 11) is 7.12. The second-order valence-electron chi connectivity index (χ2n) is 7.07. The number of aryl methyl sites for hydroxylation is 1. The van der Waals surface area contributed by atoms with Crippen LogP contribution in [0.1, 0.15) is 30.1 Å². The summed E-state index contributed by atoms with van der Waals surface area (Å²) in [6.45, 7) is 7.86. The second-order valence-corrected chi connectivity index (χ2v) is 8.13. The highest BCUT2D eigenvalue weighted by Gasteiger charge is 2.23. The van der Waals surface area contributed by atoms with Crippen molar-refractivity contribution in [2.75, 3.05) is 34.9 Å². The van der Waals surface area contributed by atoms with Gasteiger partial charge >= 0.3 is 0 Å². The number of methoxy groups -OCH3 is 2. The molecule has 2 rings (SSSR count). The molecule has 148 valence electrons. The number of nitrogens with one attached hydrogen (secondary N) is 1. The number of ether oxygens (including phenoxy) is 2. The van der Waals surface area contributed by atoms with Gasteiger partial charge in [-0.1, -0.05) is 19.9 Å². The van der Waals surface area contributed by atoms with Gasteiger partial charge in [0.1, 0.15) is 0 Å². The number of aromatic nitrogens is 1. The fourth-order valence-corrected chi connectivity index (χ4v) is 3.45. The molecule has 27 heavy (non-hydrogen) atoms. The van der Waals surface area contributed by atoms with Gasteiger partial charge in [-0.05, 0) is 24.6 Å². The van der Waals surface area contributed by atoms with Crippen LogP contribution in [0.15, 0.2) is 28.6 Å². The van der Waals surface area contributed by atoms with Gasteiger partial charge in [-0.2, -0.15) is 0 Å². The topological polar surface area (TPSA) is 59.0 Å². The molecule has 0 amide bonds. The number of aliphatic imine (C=N–C) groups is 1. The SMILES string of the molecule is CN=C(NCC(C)(C)c1ccc(OC)c(OC)c1)N(C)Cc1csc(C)n1. The van der Waals surface area contributed by atoms with Gasteiger partial charge in [-0.15, -0.1) is 11.3 Å². The van der Waals surface area contributed by atoms with Crippen molar-refractivity contribution in [3.05, 3.63) is 39.8 Å². The molecule has 1 heterocycles. The number of thiazole rings is 1. The number of hydrogen-bond acceptors (Lipinski definition) is 5. The third kappa shape index (κ3) is 5.35. The quantitative estimate of drug-likeness (QED) is 0.580. The summed E-state index contributed by atoms with van der Waals surface area (Å²) in [6, 6.07) is 6.06. The summed E-state index contributed by atoms with van der Waals surface area (Å²) in [4.78, 5) is 11.0. The van der Waals surface area contributed by atoms with Crippen LogP contribution in [-0.2, 0) is 12.0 Å². The minimum Gasteiger partial charge on any atom is -0.493 e. The van der Waals surface area contributed by atoms with E-state index in [-0.39, 0.29) is 5.41 Å². The Balaban J connectivity index is 2.05. The highest BCUT2D eigenvalue weighted by molar-refractivity contribution is 7.09. The predicted octanol–water partition coefficient (Wildman–Crippen LogP) is 3.45. The first kappa shape index (κ1) is 21.0. The minimum absolute atomic E-state index is 0.118. The van der Waals surface area contributed by atoms with Crippen molar-refractivity contribution in [3.8, 4) is 11.5 Å². The monoisotopic (exact) mass is 390 g/mol. The molecule has 2 aromatic rings. The summed E-state index contributed by atoms with van der Waals surface area (Å²) in [5.74, 6) is 2.32. The Labute approximate surface area is 166 Å². The zero-order chi connectivity index (χ0) is 20.0. The van der Waals surface area contributed by atoms with Crippen molar-refractivity contribution in [1.29, 1.82) is 0 Å². The van der Waals surface area contributed by atoms with Gasteiger partial charge in [0.05, 0.1) is 31.5 Å².